The zero-order valence-electron chi connectivity index (χ0n) is 14.1. The minimum absolute atomic E-state index is 0.0399. The van der Waals surface area contributed by atoms with E-state index in [9.17, 15) is 9.59 Å². The summed E-state index contributed by atoms with van der Waals surface area (Å²) in [5, 5.41) is 13.1. The molecular weight excluding hydrogens is 306 g/mol. The van der Waals surface area contributed by atoms with E-state index in [4.69, 9.17) is 5.11 Å². The lowest BCUT2D eigenvalue weighted by Gasteiger charge is -2.23. The highest BCUT2D eigenvalue weighted by molar-refractivity contribution is 5.79. The Hall–Kier alpha value is -2.63. The fourth-order valence-corrected chi connectivity index (χ4v) is 2.45. The summed E-state index contributed by atoms with van der Waals surface area (Å²) in [6.45, 7) is 4.81. The van der Waals surface area contributed by atoms with Crippen molar-refractivity contribution in [2.75, 3.05) is 13.1 Å². The molecule has 1 N–H and O–H groups in total. The first kappa shape index (κ1) is 17.7. The van der Waals surface area contributed by atoms with Crippen LogP contribution in [0.15, 0.2) is 42.7 Å². The summed E-state index contributed by atoms with van der Waals surface area (Å²) in [7, 11) is 0. The zero-order chi connectivity index (χ0) is 17.5. The summed E-state index contributed by atoms with van der Waals surface area (Å²) in [5.41, 5.74) is 1.74. The molecule has 0 aliphatic rings. The van der Waals surface area contributed by atoms with E-state index >= 15 is 0 Å². The molecule has 0 aliphatic heterocycles. The van der Waals surface area contributed by atoms with E-state index in [1.54, 1.807) is 15.8 Å². The molecule has 0 saturated heterocycles. The van der Waals surface area contributed by atoms with Crippen LogP contribution < -0.4 is 0 Å². The summed E-state index contributed by atoms with van der Waals surface area (Å²) < 4.78 is 1.73. The third kappa shape index (κ3) is 5.22. The number of para-hydroxylation sites is 1. The molecule has 6 heteroatoms. The van der Waals surface area contributed by atoms with Gasteiger partial charge in [0.1, 0.15) is 0 Å². The predicted molar refractivity (Wildman–Crippen MR) is 90.9 cm³/mol. The molecule has 0 saturated carbocycles. The molecule has 1 aromatic heterocycles. The van der Waals surface area contributed by atoms with E-state index in [-0.39, 0.29) is 31.2 Å². The van der Waals surface area contributed by atoms with E-state index in [1.165, 1.54) is 0 Å². The van der Waals surface area contributed by atoms with Gasteiger partial charge in [-0.2, -0.15) is 5.10 Å². The SMILES string of the molecule is CC(C)CN(CCC(=O)O)C(=O)Cc1cnn(-c2ccccc2)c1. The molecule has 1 amide bonds. The minimum Gasteiger partial charge on any atom is -0.481 e. The minimum atomic E-state index is -0.895. The van der Waals surface area contributed by atoms with Crippen molar-refractivity contribution >= 4 is 11.9 Å². The Bertz CT molecular complexity index is 680. The number of hydrogen-bond donors (Lipinski definition) is 1. The zero-order valence-corrected chi connectivity index (χ0v) is 14.1. The first-order valence-corrected chi connectivity index (χ1v) is 8.04. The van der Waals surface area contributed by atoms with Crippen molar-refractivity contribution in [3.63, 3.8) is 0 Å². The van der Waals surface area contributed by atoms with Gasteiger partial charge in [0, 0.05) is 19.3 Å². The second kappa shape index (κ2) is 8.29. The number of carboxylic acids is 1. The number of carboxylic acid groups (broad SMARTS) is 1. The molecule has 0 atom stereocenters. The third-order valence-electron chi connectivity index (χ3n) is 3.55. The molecule has 2 rings (SSSR count). The van der Waals surface area contributed by atoms with Crippen LogP contribution in [-0.2, 0) is 16.0 Å². The average molecular weight is 329 g/mol. The number of aliphatic carboxylic acids is 1. The Morgan fingerprint density at radius 1 is 1.25 bits per heavy atom. The van der Waals surface area contributed by atoms with Crippen LogP contribution in [0.3, 0.4) is 0 Å². The molecule has 24 heavy (non-hydrogen) atoms. The van der Waals surface area contributed by atoms with E-state index in [0.29, 0.717) is 6.54 Å². The first-order valence-electron chi connectivity index (χ1n) is 8.04. The van der Waals surface area contributed by atoms with Crippen molar-refractivity contribution in [2.45, 2.75) is 26.7 Å². The molecule has 1 aromatic carbocycles. The van der Waals surface area contributed by atoms with Gasteiger partial charge in [0.15, 0.2) is 0 Å². The highest BCUT2D eigenvalue weighted by Crippen LogP contribution is 2.10. The molecule has 2 aromatic rings. The molecule has 0 bridgehead atoms. The summed E-state index contributed by atoms with van der Waals surface area (Å²) in [6.07, 6.45) is 3.69. The quantitative estimate of drug-likeness (QED) is 0.807. The number of amides is 1. The van der Waals surface area contributed by atoms with E-state index < -0.39 is 5.97 Å². The Morgan fingerprint density at radius 2 is 1.96 bits per heavy atom. The van der Waals surface area contributed by atoms with Crippen LogP contribution in [0.4, 0.5) is 0 Å². The Balaban J connectivity index is 2.03. The number of nitrogens with zero attached hydrogens (tertiary/aromatic N) is 3. The Labute approximate surface area is 141 Å². The standard InChI is InChI=1S/C18H23N3O3/c1-14(2)12-20(9-8-18(23)24)17(22)10-15-11-19-21(13-15)16-6-4-3-5-7-16/h3-7,11,13-14H,8-10,12H2,1-2H3,(H,23,24). The third-order valence-corrected chi connectivity index (χ3v) is 3.55. The van der Waals surface area contributed by atoms with Crippen LogP contribution in [0.25, 0.3) is 5.69 Å². The molecule has 6 nitrogen and oxygen atoms in total. The Morgan fingerprint density at radius 3 is 2.58 bits per heavy atom. The number of carbonyl (C=O) groups is 2. The van der Waals surface area contributed by atoms with Gasteiger partial charge in [0.2, 0.25) is 5.91 Å². The molecular formula is C18H23N3O3. The van der Waals surface area contributed by atoms with Gasteiger partial charge in [-0.3, -0.25) is 9.59 Å². The van der Waals surface area contributed by atoms with Gasteiger partial charge in [-0.05, 0) is 23.6 Å². The molecule has 0 fully saturated rings. The number of carbonyl (C=O) groups excluding carboxylic acids is 1. The van der Waals surface area contributed by atoms with Crippen LogP contribution in [-0.4, -0.2) is 44.8 Å². The van der Waals surface area contributed by atoms with Crippen LogP contribution in [0.5, 0.6) is 0 Å². The number of rotatable bonds is 8. The summed E-state index contributed by atoms with van der Waals surface area (Å²) in [4.78, 5) is 24.9. The van der Waals surface area contributed by atoms with Gasteiger partial charge in [0.05, 0.1) is 24.7 Å². The average Bonchev–Trinajstić information content (AvgIpc) is 3.00. The molecule has 0 unspecified atom stereocenters. The van der Waals surface area contributed by atoms with Crippen molar-refractivity contribution in [1.29, 1.82) is 0 Å². The topological polar surface area (TPSA) is 75.4 Å². The van der Waals surface area contributed by atoms with Crippen LogP contribution in [0, 0.1) is 5.92 Å². The highest BCUT2D eigenvalue weighted by atomic mass is 16.4. The second-order valence-corrected chi connectivity index (χ2v) is 6.18. The fourth-order valence-electron chi connectivity index (χ4n) is 2.45. The van der Waals surface area contributed by atoms with E-state index in [1.807, 2.05) is 50.4 Å². The lowest BCUT2D eigenvalue weighted by Crippen LogP contribution is -2.36. The van der Waals surface area contributed by atoms with Crippen molar-refractivity contribution < 1.29 is 14.7 Å². The number of benzene rings is 1. The number of aromatic nitrogens is 2. The van der Waals surface area contributed by atoms with E-state index in [0.717, 1.165) is 11.3 Å². The smallest absolute Gasteiger partial charge is 0.305 e. The van der Waals surface area contributed by atoms with E-state index in [2.05, 4.69) is 5.10 Å². The van der Waals surface area contributed by atoms with Crippen molar-refractivity contribution in [3.05, 3.63) is 48.3 Å². The van der Waals surface area contributed by atoms with Crippen molar-refractivity contribution in [1.82, 2.24) is 14.7 Å². The summed E-state index contributed by atoms with van der Waals surface area (Å²) in [6, 6.07) is 9.67. The van der Waals surface area contributed by atoms with Crippen LogP contribution in [0.1, 0.15) is 25.8 Å². The molecule has 0 radical (unpaired) electrons. The Kier molecular flexibility index (Phi) is 6.12. The van der Waals surface area contributed by atoms with Gasteiger partial charge < -0.3 is 10.0 Å². The van der Waals surface area contributed by atoms with Gasteiger partial charge in [-0.25, -0.2) is 4.68 Å². The first-order chi connectivity index (χ1) is 11.5. The van der Waals surface area contributed by atoms with Crippen LogP contribution >= 0.6 is 0 Å². The van der Waals surface area contributed by atoms with Crippen molar-refractivity contribution in [2.24, 2.45) is 5.92 Å². The molecule has 128 valence electrons. The van der Waals surface area contributed by atoms with Crippen molar-refractivity contribution in [3.8, 4) is 5.69 Å². The predicted octanol–water partition coefficient (Wildman–Crippen LogP) is 2.37. The molecule has 1 heterocycles. The fraction of sp³-hybridized carbons (Fsp3) is 0.389. The normalized spacial score (nSPS) is 10.8. The second-order valence-electron chi connectivity index (χ2n) is 6.18. The lowest BCUT2D eigenvalue weighted by atomic mass is 10.1. The maximum absolute atomic E-state index is 12.5. The van der Waals surface area contributed by atoms with Gasteiger partial charge in [-0.15, -0.1) is 0 Å². The van der Waals surface area contributed by atoms with Gasteiger partial charge in [-0.1, -0.05) is 32.0 Å². The highest BCUT2D eigenvalue weighted by Gasteiger charge is 2.17. The summed E-state index contributed by atoms with van der Waals surface area (Å²) in [5.74, 6) is -0.680. The maximum Gasteiger partial charge on any atom is 0.305 e. The molecule has 0 aliphatic carbocycles. The lowest BCUT2D eigenvalue weighted by molar-refractivity contribution is -0.138. The monoisotopic (exact) mass is 329 g/mol. The van der Waals surface area contributed by atoms with Gasteiger partial charge in [0.25, 0.3) is 0 Å². The summed E-state index contributed by atoms with van der Waals surface area (Å²) >= 11 is 0. The van der Waals surface area contributed by atoms with Crippen LogP contribution in [0.2, 0.25) is 0 Å². The largest absolute Gasteiger partial charge is 0.481 e. The number of hydrogen-bond acceptors (Lipinski definition) is 3. The molecule has 0 spiro atoms. The van der Waals surface area contributed by atoms with Gasteiger partial charge >= 0.3 is 5.97 Å². The maximum atomic E-state index is 12.5.